The van der Waals surface area contributed by atoms with Crippen LogP contribution in [0.2, 0.25) is 0 Å². The van der Waals surface area contributed by atoms with Crippen molar-refractivity contribution in [2.45, 2.75) is 13.8 Å². The highest BCUT2D eigenvalue weighted by Gasteiger charge is 2.24. The van der Waals surface area contributed by atoms with Crippen LogP contribution in [-0.4, -0.2) is 65.4 Å². The number of nitrogens with zero attached hydrogens (tertiary/aromatic N) is 4. The lowest BCUT2D eigenvalue weighted by molar-refractivity contribution is 0.101. The van der Waals surface area contributed by atoms with E-state index in [1.54, 1.807) is 36.1 Å². The lowest BCUT2D eigenvalue weighted by Crippen LogP contribution is -2.49. The van der Waals surface area contributed by atoms with Gasteiger partial charge in [0.25, 0.3) is 5.91 Å². The predicted molar refractivity (Wildman–Crippen MR) is 107 cm³/mol. The molecule has 1 N–H and O–H groups in total. The molecule has 2 aromatic rings. The fraction of sp³-hybridized carbons (Fsp3) is 0.350. The number of hydrogen-bond donors (Lipinski definition) is 1. The minimum absolute atomic E-state index is 0.0358. The van der Waals surface area contributed by atoms with E-state index in [9.17, 15) is 14.4 Å². The largest absolute Gasteiger partial charge is 0.450 e. The summed E-state index contributed by atoms with van der Waals surface area (Å²) in [4.78, 5) is 47.8. The second-order valence-electron chi connectivity index (χ2n) is 6.50. The summed E-state index contributed by atoms with van der Waals surface area (Å²) in [6.07, 6.45) is 1.21. The number of nitrogens with one attached hydrogen (secondary N) is 1. The molecule has 2 amide bonds. The van der Waals surface area contributed by atoms with E-state index in [1.807, 2.05) is 4.90 Å². The van der Waals surface area contributed by atoms with Gasteiger partial charge in [-0.1, -0.05) is 0 Å². The van der Waals surface area contributed by atoms with Gasteiger partial charge in [0.2, 0.25) is 5.95 Å². The lowest BCUT2D eigenvalue weighted by Gasteiger charge is -2.34. The molecule has 3 rings (SSSR count). The van der Waals surface area contributed by atoms with Gasteiger partial charge in [-0.05, 0) is 44.2 Å². The normalized spacial score (nSPS) is 13.7. The Kier molecular flexibility index (Phi) is 6.38. The van der Waals surface area contributed by atoms with E-state index in [0.29, 0.717) is 50.0 Å². The van der Waals surface area contributed by atoms with Gasteiger partial charge in [-0.25, -0.2) is 14.8 Å². The maximum absolute atomic E-state index is 12.5. The third-order valence-electron chi connectivity index (χ3n) is 4.51. The van der Waals surface area contributed by atoms with E-state index in [-0.39, 0.29) is 23.5 Å². The summed E-state index contributed by atoms with van der Waals surface area (Å²) in [5.41, 5.74) is 1.39. The van der Waals surface area contributed by atoms with Crippen molar-refractivity contribution in [3.05, 3.63) is 47.8 Å². The Morgan fingerprint density at radius 1 is 1.07 bits per heavy atom. The van der Waals surface area contributed by atoms with Gasteiger partial charge in [-0.15, -0.1) is 0 Å². The molecule has 152 valence electrons. The number of aromatic nitrogens is 2. The smallest absolute Gasteiger partial charge is 0.409 e. The molecule has 1 aliphatic rings. The van der Waals surface area contributed by atoms with Crippen LogP contribution in [0.4, 0.5) is 16.4 Å². The van der Waals surface area contributed by atoms with Gasteiger partial charge < -0.3 is 19.9 Å². The Hall–Kier alpha value is -3.49. The van der Waals surface area contributed by atoms with E-state index in [1.165, 1.54) is 19.2 Å². The molecule has 0 atom stereocenters. The van der Waals surface area contributed by atoms with Crippen LogP contribution in [0.25, 0.3) is 0 Å². The van der Waals surface area contributed by atoms with Gasteiger partial charge in [-0.3, -0.25) is 9.59 Å². The number of carbonyl (C=O) groups is 3. The first-order valence-corrected chi connectivity index (χ1v) is 9.40. The molecule has 0 radical (unpaired) electrons. The molecule has 2 heterocycles. The fourth-order valence-corrected chi connectivity index (χ4v) is 2.91. The molecule has 1 aromatic heterocycles. The Morgan fingerprint density at radius 2 is 1.76 bits per heavy atom. The first-order valence-electron chi connectivity index (χ1n) is 9.40. The minimum atomic E-state index is -0.366. The second kappa shape index (κ2) is 9.13. The summed E-state index contributed by atoms with van der Waals surface area (Å²) in [7, 11) is 0. The summed E-state index contributed by atoms with van der Waals surface area (Å²) >= 11 is 0. The van der Waals surface area contributed by atoms with Gasteiger partial charge in [-0.2, -0.15) is 0 Å². The number of ether oxygens (including phenoxy) is 1. The van der Waals surface area contributed by atoms with E-state index in [2.05, 4.69) is 15.3 Å². The average Bonchev–Trinajstić information content (AvgIpc) is 2.74. The first-order chi connectivity index (χ1) is 14.0. The molecule has 0 saturated carbocycles. The first kappa shape index (κ1) is 20.2. The number of Topliss-reactive ketones (excluding diaryl/α,β-unsaturated/α-hetero) is 1. The number of carbonyl (C=O) groups excluding carboxylic acids is 3. The highest BCUT2D eigenvalue weighted by atomic mass is 16.6. The van der Waals surface area contributed by atoms with Gasteiger partial charge in [0, 0.05) is 43.6 Å². The minimum Gasteiger partial charge on any atom is -0.450 e. The molecule has 1 aliphatic heterocycles. The lowest BCUT2D eigenvalue weighted by atomic mass is 10.1. The Balaban J connectivity index is 1.62. The highest BCUT2D eigenvalue weighted by molar-refractivity contribution is 6.03. The summed E-state index contributed by atoms with van der Waals surface area (Å²) in [5, 5.41) is 2.76. The third-order valence-corrected chi connectivity index (χ3v) is 4.51. The Morgan fingerprint density at radius 3 is 2.38 bits per heavy atom. The van der Waals surface area contributed by atoms with E-state index in [4.69, 9.17) is 4.74 Å². The molecule has 0 aliphatic carbocycles. The number of anilines is 2. The number of amides is 2. The van der Waals surface area contributed by atoms with Gasteiger partial charge >= 0.3 is 6.09 Å². The van der Waals surface area contributed by atoms with Crippen LogP contribution in [-0.2, 0) is 4.74 Å². The molecule has 9 nitrogen and oxygen atoms in total. The second-order valence-corrected chi connectivity index (χ2v) is 6.50. The van der Waals surface area contributed by atoms with Crippen LogP contribution in [0.3, 0.4) is 0 Å². The molecular formula is C20H23N5O4. The number of hydrogen-bond acceptors (Lipinski definition) is 7. The van der Waals surface area contributed by atoms with Crippen molar-refractivity contribution in [2.75, 3.05) is 43.0 Å². The van der Waals surface area contributed by atoms with Crippen LogP contribution in [0.15, 0.2) is 36.5 Å². The fourth-order valence-electron chi connectivity index (χ4n) is 2.91. The molecule has 29 heavy (non-hydrogen) atoms. The topological polar surface area (TPSA) is 105 Å². The average molecular weight is 397 g/mol. The number of ketones is 1. The monoisotopic (exact) mass is 397 g/mol. The van der Waals surface area contributed by atoms with Crippen LogP contribution >= 0.6 is 0 Å². The quantitative estimate of drug-likeness (QED) is 0.771. The Bertz CT molecular complexity index is 892. The Labute approximate surface area is 168 Å². The summed E-state index contributed by atoms with van der Waals surface area (Å²) in [6.45, 7) is 5.71. The number of rotatable bonds is 5. The van der Waals surface area contributed by atoms with Crippen LogP contribution in [0.1, 0.15) is 34.7 Å². The molecule has 9 heteroatoms. The third kappa shape index (κ3) is 5.07. The number of benzene rings is 1. The molecule has 0 unspecified atom stereocenters. The van der Waals surface area contributed by atoms with Crippen LogP contribution in [0.5, 0.6) is 0 Å². The molecule has 0 bridgehead atoms. The van der Waals surface area contributed by atoms with Crippen molar-refractivity contribution in [3.63, 3.8) is 0 Å². The van der Waals surface area contributed by atoms with Crippen LogP contribution in [0, 0.1) is 0 Å². The zero-order valence-corrected chi connectivity index (χ0v) is 16.4. The van der Waals surface area contributed by atoms with E-state index < -0.39 is 0 Å². The summed E-state index contributed by atoms with van der Waals surface area (Å²) in [6, 6.07) is 8.20. The standard InChI is InChI=1S/C20H23N5O4/c1-3-29-20(28)25-12-10-24(11-13-25)19-21-9-8-17(23-19)18(27)22-16-6-4-15(5-7-16)14(2)26/h4-9H,3,10-13H2,1-2H3,(H,22,27). The molecular weight excluding hydrogens is 374 g/mol. The molecule has 1 fully saturated rings. The van der Waals surface area contributed by atoms with Gasteiger partial charge in [0.1, 0.15) is 5.69 Å². The highest BCUT2D eigenvalue weighted by Crippen LogP contribution is 2.14. The van der Waals surface area contributed by atoms with Crippen LogP contribution < -0.4 is 10.2 Å². The molecule has 0 spiro atoms. The van der Waals surface area contributed by atoms with Gasteiger partial charge in [0.05, 0.1) is 6.61 Å². The van der Waals surface area contributed by atoms with Crippen molar-refractivity contribution >= 4 is 29.4 Å². The maximum Gasteiger partial charge on any atom is 0.409 e. The summed E-state index contributed by atoms with van der Waals surface area (Å²) < 4.78 is 5.02. The number of piperazine rings is 1. The van der Waals surface area contributed by atoms with E-state index in [0.717, 1.165) is 0 Å². The van der Waals surface area contributed by atoms with Crippen molar-refractivity contribution in [1.82, 2.24) is 14.9 Å². The zero-order valence-electron chi connectivity index (χ0n) is 16.4. The summed E-state index contributed by atoms with van der Waals surface area (Å²) in [5.74, 6) is 0.0360. The van der Waals surface area contributed by atoms with Crippen molar-refractivity contribution in [2.24, 2.45) is 0 Å². The SMILES string of the molecule is CCOC(=O)N1CCN(c2nccc(C(=O)Nc3ccc(C(C)=O)cc3)n2)CC1. The zero-order chi connectivity index (χ0) is 20.8. The van der Waals surface area contributed by atoms with Crippen molar-refractivity contribution in [1.29, 1.82) is 0 Å². The van der Waals surface area contributed by atoms with Crippen molar-refractivity contribution in [3.8, 4) is 0 Å². The maximum atomic E-state index is 12.5. The molecule has 1 aromatic carbocycles. The van der Waals surface area contributed by atoms with Gasteiger partial charge in [0.15, 0.2) is 5.78 Å². The molecule has 1 saturated heterocycles. The van der Waals surface area contributed by atoms with Crippen molar-refractivity contribution < 1.29 is 19.1 Å². The predicted octanol–water partition coefficient (Wildman–Crippen LogP) is 2.21. The van der Waals surface area contributed by atoms with E-state index >= 15 is 0 Å².